The van der Waals surface area contributed by atoms with Crippen molar-refractivity contribution in [3.05, 3.63) is 23.7 Å². The molecule has 0 saturated heterocycles. The summed E-state index contributed by atoms with van der Waals surface area (Å²) >= 11 is 0. The van der Waals surface area contributed by atoms with Crippen LogP contribution in [0.4, 0.5) is 0 Å². The van der Waals surface area contributed by atoms with Crippen molar-refractivity contribution in [2.75, 3.05) is 7.11 Å². The van der Waals surface area contributed by atoms with E-state index < -0.39 is 0 Å². The minimum atomic E-state index is 0.183. The fourth-order valence-electron chi connectivity index (χ4n) is 2.00. The number of ether oxygens (including phenoxy) is 1. The maximum absolute atomic E-state index is 5.97. The maximum Gasteiger partial charge on any atom is 0.129 e. The van der Waals surface area contributed by atoms with Gasteiger partial charge in [-0.1, -0.05) is 13.8 Å². The van der Waals surface area contributed by atoms with E-state index in [4.69, 9.17) is 14.9 Å². The molecule has 0 radical (unpaired) electrons. The molecule has 0 unspecified atom stereocenters. The Labute approximate surface area is 84.2 Å². The maximum atomic E-state index is 5.97. The highest BCUT2D eigenvalue weighted by molar-refractivity contribution is 5.28. The summed E-state index contributed by atoms with van der Waals surface area (Å²) in [5.74, 6) is 2.24. The second-order valence-corrected chi connectivity index (χ2v) is 4.56. The number of methoxy groups -OCH3 is 1. The zero-order valence-corrected chi connectivity index (χ0v) is 8.91. The van der Waals surface area contributed by atoms with E-state index in [9.17, 15) is 0 Å². The van der Waals surface area contributed by atoms with Gasteiger partial charge in [-0.25, -0.2) is 0 Å². The molecular formula is C11H17NO2. The van der Waals surface area contributed by atoms with Crippen LogP contribution in [-0.2, 0) is 11.3 Å². The predicted octanol–water partition coefficient (Wildman–Crippen LogP) is 1.88. The minimum absolute atomic E-state index is 0.183. The van der Waals surface area contributed by atoms with E-state index in [2.05, 4.69) is 13.8 Å². The van der Waals surface area contributed by atoms with Crippen LogP contribution < -0.4 is 5.73 Å². The number of rotatable bonds is 3. The zero-order valence-electron chi connectivity index (χ0n) is 8.91. The molecule has 1 saturated carbocycles. The molecule has 1 aliphatic carbocycles. The van der Waals surface area contributed by atoms with Gasteiger partial charge in [-0.15, -0.1) is 0 Å². The van der Waals surface area contributed by atoms with Crippen LogP contribution in [0.15, 0.2) is 16.5 Å². The van der Waals surface area contributed by atoms with Crippen LogP contribution in [0.2, 0.25) is 0 Å². The number of nitrogens with two attached hydrogens (primary N) is 1. The largest absolute Gasteiger partial charge is 0.463 e. The molecule has 1 aromatic rings. The van der Waals surface area contributed by atoms with Crippen LogP contribution in [0.5, 0.6) is 0 Å². The molecule has 2 N–H and O–H groups in total. The Morgan fingerprint density at radius 3 is 2.64 bits per heavy atom. The molecule has 0 amide bonds. The van der Waals surface area contributed by atoms with Gasteiger partial charge in [-0.2, -0.15) is 0 Å². The number of furan rings is 1. The average molecular weight is 195 g/mol. The van der Waals surface area contributed by atoms with Crippen LogP contribution in [0.1, 0.15) is 31.3 Å². The second kappa shape index (κ2) is 3.11. The Bertz CT molecular complexity index is 330. The van der Waals surface area contributed by atoms with Gasteiger partial charge in [0.25, 0.3) is 0 Å². The van der Waals surface area contributed by atoms with Crippen molar-refractivity contribution in [3.8, 4) is 0 Å². The lowest BCUT2D eigenvalue weighted by molar-refractivity contribution is 0.162. The van der Waals surface area contributed by atoms with Crippen LogP contribution in [0.3, 0.4) is 0 Å². The normalized spacial score (nSPS) is 29.1. The van der Waals surface area contributed by atoms with Gasteiger partial charge in [-0.3, -0.25) is 0 Å². The highest BCUT2D eigenvalue weighted by Gasteiger charge is 2.57. The minimum Gasteiger partial charge on any atom is -0.463 e. The lowest BCUT2D eigenvalue weighted by Crippen LogP contribution is -2.06. The number of hydrogen-bond acceptors (Lipinski definition) is 3. The molecule has 2 rings (SSSR count). The van der Waals surface area contributed by atoms with Crippen molar-refractivity contribution < 1.29 is 9.15 Å². The fraction of sp³-hybridized carbons (Fsp3) is 0.636. The van der Waals surface area contributed by atoms with E-state index in [0.29, 0.717) is 12.5 Å². The summed E-state index contributed by atoms with van der Waals surface area (Å²) in [6.45, 7) is 4.87. The van der Waals surface area contributed by atoms with Gasteiger partial charge in [0, 0.05) is 19.1 Å². The van der Waals surface area contributed by atoms with Gasteiger partial charge >= 0.3 is 0 Å². The molecule has 1 fully saturated rings. The summed E-state index contributed by atoms with van der Waals surface area (Å²) in [4.78, 5) is 0. The highest BCUT2D eigenvalue weighted by Crippen LogP contribution is 2.57. The van der Waals surface area contributed by atoms with Crippen LogP contribution >= 0.6 is 0 Å². The molecule has 78 valence electrons. The lowest BCUT2D eigenvalue weighted by Gasteiger charge is -1.98. The molecule has 1 aromatic heterocycles. The SMILES string of the molecule is COCc1ccc([C@@H]2[C@@H](N)C2(C)C)o1. The van der Waals surface area contributed by atoms with E-state index in [-0.39, 0.29) is 11.5 Å². The predicted molar refractivity (Wildman–Crippen MR) is 53.9 cm³/mol. The van der Waals surface area contributed by atoms with E-state index in [0.717, 1.165) is 11.5 Å². The summed E-state index contributed by atoms with van der Waals surface area (Å²) in [5, 5.41) is 0. The molecule has 2 atom stereocenters. The molecule has 0 bridgehead atoms. The first kappa shape index (κ1) is 9.74. The quantitative estimate of drug-likeness (QED) is 0.801. The van der Waals surface area contributed by atoms with E-state index >= 15 is 0 Å². The zero-order chi connectivity index (χ0) is 10.3. The topological polar surface area (TPSA) is 48.4 Å². The Kier molecular flexibility index (Phi) is 2.16. The molecule has 3 nitrogen and oxygen atoms in total. The first-order chi connectivity index (χ1) is 6.57. The van der Waals surface area contributed by atoms with Gasteiger partial charge < -0.3 is 14.9 Å². The van der Waals surface area contributed by atoms with Crippen LogP contribution in [0.25, 0.3) is 0 Å². The van der Waals surface area contributed by atoms with E-state index in [1.165, 1.54) is 0 Å². The summed E-state index contributed by atoms with van der Waals surface area (Å²) in [7, 11) is 1.66. The first-order valence-corrected chi connectivity index (χ1v) is 4.90. The smallest absolute Gasteiger partial charge is 0.129 e. The van der Waals surface area contributed by atoms with Crippen LogP contribution in [0, 0.1) is 5.41 Å². The first-order valence-electron chi connectivity index (χ1n) is 4.90. The van der Waals surface area contributed by atoms with Gasteiger partial charge in [-0.05, 0) is 17.5 Å². The average Bonchev–Trinajstić information content (AvgIpc) is 2.52. The van der Waals surface area contributed by atoms with Gasteiger partial charge in [0.1, 0.15) is 18.1 Å². The summed E-state index contributed by atoms with van der Waals surface area (Å²) in [6.07, 6.45) is 0. The summed E-state index contributed by atoms with van der Waals surface area (Å²) in [6, 6.07) is 4.19. The lowest BCUT2D eigenvalue weighted by atomic mass is 10.1. The van der Waals surface area contributed by atoms with Crippen molar-refractivity contribution in [1.29, 1.82) is 0 Å². The molecule has 0 aromatic carbocycles. The third-order valence-electron chi connectivity index (χ3n) is 3.19. The molecule has 3 heteroatoms. The monoisotopic (exact) mass is 195 g/mol. The van der Waals surface area contributed by atoms with E-state index in [1.54, 1.807) is 7.11 Å². The standard InChI is InChI=1S/C11H17NO2/c1-11(2)9(10(11)12)8-5-4-7(14-8)6-13-3/h4-5,9-10H,6,12H2,1-3H3/t9-,10-/m1/s1. The molecule has 14 heavy (non-hydrogen) atoms. The number of hydrogen-bond donors (Lipinski definition) is 1. The second-order valence-electron chi connectivity index (χ2n) is 4.56. The summed E-state index contributed by atoms with van der Waals surface area (Å²) < 4.78 is 10.6. The Balaban J connectivity index is 2.12. The van der Waals surface area contributed by atoms with Gasteiger partial charge in [0.2, 0.25) is 0 Å². The van der Waals surface area contributed by atoms with Crippen molar-refractivity contribution in [1.82, 2.24) is 0 Å². The molecule has 1 aliphatic rings. The fourth-order valence-corrected chi connectivity index (χ4v) is 2.00. The third-order valence-corrected chi connectivity index (χ3v) is 3.19. The van der Waals surface area contributed by atoms with Crippen molar-refractivity contribution >= 4 is 0 Å². The Morgan fingerprint density at radius 2 is 2.14 bits per heavy atom. The highest BCUT2D eigenvalue weighted by atomic mass is 16.5. The third kappa shape index (κ3) is 1.37. The summed E-state index contributed by atoms with van der Waals surface area (Å²) in [5.41, 5.74) is 6.15. The molecular weight excluding hydrogens is 178 g/mol. The molecule has 0 spiro atoms. The van der Waals surface area contributed by atoms with Crippen molar-refractivity contribution in [3.63, 3.8) is 0 Å². The van der Waals surface area contributed by atoms with Gasteiger partial charge in [0.15, 0.2) is 0 Å². The molecule has 1 heterocycles. The Hall–Kier alpha value is -0.800. The van der Waals surface area contributed by atoms with Crippen LogP contribution in [-0.4, -0.2) is 13.2 Å². The Morgan fingerprint density at radius 1 is 1.50 bits per heavy atom. The van der Waals surface area contributed by atoms with Crippen molar-refractivity contribution in [2.45, 2.75) is 32.4 Å². The van der Waals surface area contributed by atoms with Crippen molar-refractivity contribution in [2.24, 2.45) is 11.1 Å². The van der Waals surface area contributed by atoms with Gasteiger partial charge in [0.05, 0.1) is 0 Å². The molecule has 0 aliphatic heterocycles. The van der Waals surface area contributed by atoms with E-state index in [1.807, 2.05) is 12.1 Å².